The number of allylic oxidation sites excluding steroid dienone is 4. The smallest absolute Gasteiger partial charge is 0.0199 e. The van der Waals surface area contributed by atoms with Gasteiger partial charge in [-0.3, -0.25) is 0 Å². The lowest BCUT2D eigenvalue weighted by Crippen LogP contribution is -1.92. The summed E-state index contributed by atoms with van der Waals surface area (Å²) in [6.45, 7) is 19.9. The minimum Gasteiger partial charge on any atom is -0.0991 e. The molecule has 0 aromatic carbocycles. The number of rotatable bonds is 4. The maximum Gasteiger partial charge on any atom is -0.0199 e. The van der Waals surface area contributed by atoms with Gasteiger partial charge in [0.15, 0.2) is 0 Å². The summed E-state index contributed by atoms with van der Waals surface area (Å²) < 4.78 is 0. The summed E-state index contributed by atoms with van der Waals surface area (Å²) in [6.07, 6.45) is 6.86. The van der Waals surface area contributed by atoms with E-state index in [1.165, 1.54) is 5.57 Å². The van der Waals surface area contributed by atoms with Crippen molar-refractivity contribution < 1.29 is 0 Å². The van der Waals surface area contributed by atoms with E-state index in [9.17, 15) is 0 Å². The molecule has 0 spiro atoms. The lowest BCUT2D eigenvalue weighted by Gasteiger charge is -2.06. The molecule has 0 aromatic heterocycles. The van der Waals surface area contributed by atoms with Crippen LogP contribution in [0.5, 0.6) is 0 Å². The Hall–Kier alpha value is -0.780. The van der Waals surface area contributed by atoms with E-state index in [2.05, 4.69) is 27.0 Å². The first kappa shape index (κ1) is 23.8. The zero-order chi connectivity index (χ0) is 12.0. The standard InChI is InChI=1S/C10H16.2C2H6.CH4/c1-5-7-8-10(4)9(3)6-2;2*1-2;/h5,7-9H,1,4,6H2,2-3H3;2*1-2H3;1H4/b8-7-;;;. The molecule has 15 heavy (non-hydrogen) atoms. The number of hydrogen-bond donors (Lipinski definition) is 0. The van der Waals surface area contributed by atoms with Gasteiger partial charge in [0.1, 0.15) is 0 Å². The lowest BCUT2D eigenvalue weighted by molar-refractivity contribution is 0.673. The molecule has 0 heteroatoms. The molecule has 0 aromatic rings. The molecule has 0 nitrogen and oxygen atoms in total. The first-order valence-electron chi connectivity index (χ1n) is 5.70. The fourth-order valence-corrected chi connectivity index (χ4v) is 0.618. The summed E-state index contributed by atoms with van der Waals surface area (Å²) in [6, 6.07) is 0. The van der Waals surface area contributed by atoms with Gasteiger partial charge in [0.2, 0.25) is 0 Å². The summed E-state index contributed by atoms with van der Waals surface area (Å²) in [5, 5.41) is 0. The van der Waals surface area contributed by atoms with E-state index >= 15 is 0 Å². The average Bonchev–Trinajstić information content (AvgIpc) is 2.30. The van der Waals surface area contributed by atoms with Crippen LogP contribution in [0.15, 0.2) is 37.0 Å². The summed E-state index contributed by atoms with van der Waals surface area (Å²) in [5.41, 5.74) is 1.18. The predicted molar refractivity (Wildman–Crippen MR) is 77.4 cm³/mol. The predicted octanol–water partition coefficient (Wildman–Crippen LogP) is 6.02. The average molecular weight is 212 g/mol. The molecule has 92 valence electrons. The molecular weight excluding hydrogens is 180 g/mol. The van der Waals surface area contributed by atoms with Crippen molar-refractivity contribution in [1.29, 1.82) is 0 Å². The lowest BCUT2D eigenvalue weighted by atomic mass is 10.00. The van der Waals surface area contributed by atoms with E-state index < -0.39 is 0 Å². The molecule has 0 saturated carbocycles. The second kappa shape index (κ2) is 23.2. The van der Waals surface area contributed by atoms with Crippen molar-refractivity contribution in [2.75, 3.05) is 0 Å². The normalized spacial score (nSPS) is 9.73. The van der Waals surface area contributed by atoms with Crippen molar-refractivity contribution in [2.45, 2.75) is 55.4 Å². The Morgan fingerprint density at radius 3 is 1.87 bits per heavy atom. The SMILES string of the molecule is C.C=C/C=C\C(=C)C(C)CC.CC.CC. The second-order valence-corrected chi connectivity index (χ2v) is 2.48. The highest BCUT2D eigenvalue weighted by atomic mass is 14.0. The molecule has 0 bridgehead atoms. The van der Waals surface area contributed by atoms with Crippen LogP contribution in [0.4, 0.5) is 0 Å². The van der Waals surface area contributed by atoms with Crippen LogP contribution in [-0.4, -0.2) is 0 Å². The molecule has 0 rings (SSSR count). The third kappa shape index (κ3) is 19.6. The maximum absolute atomic E-state index is 3.93. The largest absolute Gasteiger partial charge is 0.0991 e. The van der Waals surface area contributed by atoms with Crippen molar-refractivity contribution >= 4 is 0 Å². The van der Waals surface area contributed by atoms with Crippen LogP contribution in [0.25, 0.3) is 0 Å². The minimum absolute atomic E-state index is 0. The molecule has 0 amide bonds. The zero-order valence-electron chi connectivity index (χ0n) is 10.9. The molecule has 1 unspecified atom stereocenters. The van der Waals surface area contributed by atoms with Crippen LogP contribution in [0.3, 0.4) is 0 Å². The topological polar surface area (TPSA) is 0 Å². The summed E-state index contributed by atoms with van der Waals surface area (Å²) in [5.74, 6) is 0.594. The molecule has 0 radical (unpaired) electrons. The molecule has 0 fully saturated rings. The van der Waals surface area contributed by atoms with E-state index in [-0.39, 0.29) is 7.43 Å². The highest BCUT2D eigenvalue weighted by Gasteiger charge is 1.97. The minimum atomic E-state index is 0. The van der Waals surface area contributed by atoms with Crippen LogP contribution < -0.4 is 0 Å². The van der Waals surface area contributed by atoms with Gasteiger partial charge in [0.25, 0.3) is 0 Å². The van der Waals surface area contributed by atoms with Crippen LogP contribution >= 0.6 is 0 Å². The van der Waals surface area contributed by atoms with Gasteiger partial charge in [-0.1, -0.05) is 85.9 Å². The summed E-state index contributed by atoms with van der Waals surface area (Å²) in [4.78, 5) is 0. The van der Waals surface area contributed by atoms with Gasteiger partial charge >= 0.3 is 0 Å². The van der Waals surface area contributed by atoms with E-state index in [0.29, 0.717) is 5.92 Å². The molecule has 1 atom stereocenters. The van der Waals surface area contributed by atoms with Gasteiger partial charge in [-0.15, -0.1) is 0 Å². The highest BCUT2D eigenvalue weighted by molar-refractivity contribution is 5.19. The molecule has 0 N–H and O–H groups in total. The summed E-state index contributed by atoms with van der Waals surface area (Å²) >= 11 is 0. The van der Waals surface area contributed by atoms with Gasteiger partial charge in [0, 0.05) is 0 Å². The Balaban J connectivity index is -0.000000107. The van der Waals surface area contributed by atoms with Crippen LogP contribution in [-0.2, 0) is 0 Å². The number of hydrogen-bond acceptors (Lipinski definition) is 0. The quantitative estimate of drug-likeness (QED) is 0.500. The van der Waals surface area contributed by atoms with Gasteiger partial charge in [-0.25, -0.2) is 0 Å². The van der Waals surface area contributed by atoms with Crippen molar-refractivity contribution in [1.82, 2.24) is 0 Å². The van der Waals surface area contributed by atoms with Crippen LogP contribution in [0, 0.1) is 5.92 Å². The molecular formula is C15H32. The van der Waals surface area contributed by atoms with E-state index in [1.54, 1.807) is 6.08 Å². The Bertz CT molecular complexity index is 140. The Morgan fingerprint density at radius 1 is 1.20 bits per heavy atom. The first-order chi connectivity index (χ1) is 6.72. The van der Waals surface area contributed by atoms with Crippen LogP contribution in [0.2, 0.25) is 0 Å². The van der Waals surface area contributed by atoms with E-state index in [4.69, 9.17) is 0 Å². The highest BCUT2D eigenvalue weighted by Crippen LogP contribution is 2.12. The molecule has 0 aliphatic carbocycles. The van der Waals surface area contributed by atoms with Gasteiger partial charge in [-0.05, 0) is 12.3 Å². The molecule has 0 heterocycles. The van der Waals surface area contributed by atoms with Crippen molar-refractivity contribution in [3.05, 3.63) is 37.0 Å². The van der Waals surface area contributed by atoms with Crippen molar-refractivity contribution in [2.24, 2.45) is 5.92 Å². The Kier molecular flexibility index (Phi) is 36.8. The Labute approximate surface area is 98.8 Å². The summed E-state index contributed by atoms with van der Waals surface area (Å²) in [7, 11) is 0. The Morgan fingerprint density at radius 2 is 1.60 bits per heavy atom. The third-order valence-corrected chi connectivity index (χ3v) is 1.69. The van der Waals surface area contributed by atoms with Crippen molar-refractivity contribution in [3.8, 4) is 0 Å². The second-order valence-electron chi connectivity index (χ2n) is 2.48. The molecule has 0 saturated heterocycles. The zero-order valence-corrected chi connectivity index (χ0v) is 10.9. The van der Waals surface area contributed by atoms with Gasteiger partial charge in [0.05, 0.1) is 0 Å². The first-order valence-corrected chi connectivity index (χ1v) is 5.70. The molecule has 0 aliphatic heterocycles. The fraction of sp³-hybridized carbons (Fsp3) is 0.600. The third-order valence-electron chi connectivity index (χ3n) is 1.69. The fourth-order valence-electron chi connectivity index (χ4n) is 0.618. The monoisotopic (exact) mass is 212 g/mol. The van der Waals surface area contributed by atoms with Crippen molar-refractivity contribution in [3.63, 3.8) is 0 Å². The van der Waals surface area contributed by atoms with Gasteiger partial charge in [-0.2, -0.15) is 0 Å². The van der Waals surface area contributed by atoms with Crippen LogP contribution in [0.1, 0.15) is 55.4 Å². The maximum atomic E-state index is 3.93. The van der Waals surface area contributed by atoms with Gasteiger partial charge < -0.3 is 0 Å². The van der Waals surface area contributed by atoms with E-state index in [1.807, 2.05) is 39.8 Å². The van der Waals surface area contributed by atoms with E-state index in [0.717, 1.165) is 6.42 Å². The molecule has 0 aliphatic rings.